The summed E-state index contributed by atoms with van der Waals surface area (Å²) in [5.74, 6) is -0.191. The standard InChI is InChI=1S/C25H23ClN4O2/c26-22-18-11-4-5-14-21(18)30-23-19(22)12-8-13-20(23)24(31)27-15-6-7-16-28-25(32)29-17-9-2-1-3-10-17/h1-5,8-14H,6-7,15-16H2,(H,27,31)(H2,28,29,32). The smallest absolute Gasteiger partial charge is 0.319 e. The maximum absolute atomic E-state index is 12.8. The Labute approximate surface area is 191 Å². The number of hydrogen-bond acceptors (Lipinski definition) is 3. The van der Waals surface area contributed by atoms with Gasteiger partial charge >= 0.3 is 6.03 Å². The molecule has 0 saturated heterocycles. The number of carbonyl (C=O) groups excluding carboxylic acids is 2. The minimum Gasteiger partial charge on any atom is -0.352 e. The van der Waals surface area contributed by atoms with E-state index in [0.717, 1.165) is 34.8 Å². The zero-order chi connectivity index (χ0) is 22.3. The summed E-state index contributed by atoms with van der Waals surface area (Å²) in [5.41, 5.74) is 2.59. The molecule has 0 aliphatic heterocycles. The molecule has 0 fully saturated rings. The minimum absolute atomic E-state index is 0.191. The molecule has 1 heterocycles. The summed E-state index contributed by atoms with van der Waals surface area (Å²) in [7, 11) is 0. The van der Waals surface area contributed by atoms with Crippen LogP contribution < -0.4 is 16.0 Å². The summed E-state index contributed by atoms with van der Waals surface area (Å²) in [6.45, 7) is 1.02. The van der Waals surface area contributed by atoms with Crippen molar-refractivity contribution in [2.45, 2.75) is 12.8 Å². The number of anilines is 1. The molecule has 0 saturated carbocycles. The van der Waals surface area contributed by atoms with Crippen LogP contribution in [0.3, 0.4) is 0 Å². The van der Waals surface area contributed by atoms with Crippen molar-refractivity contribution in [3.63, 3.8) is 0 Å². The maximum atomic E-state index is 12.8. The summed E-state index contributed by atoms with van der Waals surface area (Å²) in [6, 6.07) is 22.1. The van der Waals surface area contributed by atoms with Crippen LogP contribution in [-0.4, -0.2) is 30.0 Å². The molecule has 6 nitrogen and oxygen atoms in total. The first-order valence-corrected chi connectivity index (χ1v) is 10.9. The van der Waals surface area contributed by atoms with Gasteiger partial charge in [-0.15, -0.1) is 0 Å². The van der Waals surface area contributed by atoms with Gasteiger partial charge in [-0.1, -0.05) is 60.1 Å². The number of aromatic nitrogens is 1. The first-order chi connectivity index (χ1) is 15.6. The van der Waals surface area contributed by atoms with Crippen LogP contribution in [0, 0.1) is 0 Å². The van der Waals surface area contributed by atoms with Crippen LogP contribution in [-0.2, 0) is 0 Å². The Morgan fingerprint density at radius 2 is 1.47 bits per heavy atom. The third-order valence-electron chi connectivity index (χ3n) is 5.10. The van der Waals surface area contributed by atoms with E-state index < -0.39 is 0 Å². The van der Waals surface area contributed by atoms with Gasteiger partial charge in [-0.2, -0.15) is 0 Å². The van der Waals surface area contributed by atoms with Crippen LogP contribution >= 0.6 is 11.6 Å². The number of nitrogens with zero attached hydrogens (tertiary/aromatic N) is 1. The predicted molar refractivity (Wildman–Crippen MR) is 129 cm³/mol. The van der Waals surface area contributed by atoms with E-state index in [1.54, 1.807) is 6.07 Å². The van der Waals surface area contributed by atoms with Crippen molar-refractivity contribution in [3.8, 4) is 0 Å². The van der Waals surface area contributed by atoms with Gasteiger partial charge < -0.3 is 16.0 Å². The molecule has 0 aliphatic rings. The molecule has 3 amide bonds. The predicted octanol–water partition coefficient (Wildman–Crippen LogP) is 5.37. The highest BCUT2D eigenvalue weighted by Crippen LogP contribution is 2.31. The fourth-order valence-corrected chi connectivity index (χ4v) is 3.80. The number of nitrogens with one attached hydrogen (secondary N) is 3. The van der Waals surface area contributed by atoms with Crippen molar-refractivity contribution in [2.24, 2.45) is 0 Å². The van der Waals surface area contributed by atoms with E-state index in [2.05, 4.69) is 20.9 Å². The van der Waals surface area contributed by atoms with Gasteiger partial charge in [-0.05, 0) is 37.1 Å². The van der Waals surface area contributed by atoms with Crippen LogP contribution in [0.4, 0.5) is 10.5 Å². The largest absolute Gasteiger partial charge is 0.352 e. The van der Waals surface area contributed by atoms with Gasteiger partial charge in [0.15, 0.2) is 0 Å². The van der Waals surface area contributed by atoms with Gasteiger partial charge in [0, 0.05) is 29.5 Å². The monoisotopic (exact) mass is 446 g/mol. The number of urea groups is 1. The molecule has 7 heteroatoms. The first-order valence-electron chi connectivity index (χ1n) is 10.5. The second-order valence-electron chi connectivity index (χ2n) is 7.35. The second-order valence-corrected chi connectivity index (χ2v) is 7.73. The molecule has 162 valence electrons. The highest BCUT2D eigenvalue weighted by Gasteiger charge is 2.14. The lowest BCUT2D eigenvalue weighted by Gasteiger charge is -2.11. The molecule has 1 aromatic heterocycles. The lowest BCUT2D eigenvalue weighted by Crippen LogP contribution is -2.30. The molecule has 4 aromatic rings. The molecule has 0 unspecified atom stereocenters. The number of fused-ring (bicyclic) bond motifs is 2. The van der Waals surface area contributed by atoms with E-state index in [9.17, 15) is 9.59 Å². The van der Waals surface area contributed by atoms with Gasteiger partial charge in [0.2, 0.25) is 0 Å². The van der Waals surface area contributed by atoms with E-state index in [-0.39, 0.29) is 11.9 Å². The molecule has 32 heavy (non-hydrogen) atoms. The van der Waals surface area contributed by atoms with E-state index in [4.69, 9.17) is 11.6 Å². The van der Waals surface area contributed by atoms with Crippen molar-refractivity contribution in [3.05, 3.63) is 83.4 Å². The Morgan fingerprint density at radius 1 is 0.781 bits per heavy atom. The van der Waals surface area contributed by atoms with Crippen LogP contribution in [0.25, 0.3) is 21.8 Å². The average molecular weight is 447 g/mol. The van der Waals surface area contributed by atoms with E-state index in [1.165, 1.54) is 0 Å². The molecule has 0 radical (unpaired) electrons. The van der Waals surface area contributed by atoms with E-state index in [1.807, 2.05) is 66.7 Å². The summed E-state index contributed by atoms with van der Waals surface area (Å²) < 4.78 is 0. The van der Waals surface area contributed by atoms with Gasteiger partial charge in [-0.25, -0.2) is 9.78 Å². The van der Waals surface area contributed by atoms with Crippen molar-refractivity contribution >= 4 is 51.0 Å². The van der Waals surface area contributed by atoms with Crippen molar-refractivity contribution in [1.29, 1.82) is 0 Å². The lowest BCUT2D eigenvalue weighted by molar-refractivity contribution is 0.0954. The number of amides is 3. The number of hydrogen-bond donors (Lipinski definition) is 3. The molecule has 0 atom stereocenters. The van der Waals surface area contributed by atoms with E-state index >= 15 is 0 Å². The summed E-state index contributed by atoms with van der Waals surface area (Å²) in [6.07, 6.45) is 1.48. The maximum Gasteiger partial charge on any atom is 0.319 e. The minimum atomic E-state index is -0.244. The molecule has 0 spiro atoms. The van der Waals surface area contributed by atoms with Crippen LogP contribution in [0.5, 0.6) is 0 Å². The Hall–Kier alpha value is -3.64. The summed E-state index contributed by atoms with van der Waals surface area (Å²) in [4.78, 5) is 29.3. The zero-order valence-corrected chi connectivity index (χ0v) is 18.2. The molecule has 0 aliphatic carbocycles. The molecule has 4 rings (SSSR count). The number of unbranched alkanes of at least 4 members (excludes halogenated alkanes) is 1. The summed E-state index contributed by atoms with van der Waals surface area (Å²) in [5, 5.41) is 10.7. The van der Waals surface area contributed by atoms with Crippen LogP contribution in [0.1, 0.15) is 23.2 Å². The SMILES string of the molecule is O=C(NCCCCNC(=O)c1cccc2c(Cl)c3ccccc3nc12)Nc1ccccc1. The molecular weight excluding hydrogens is 424 g/mol. The number of halogens is 1. The van der Waals surface area contributed by atoms with Crippen LogP contribution in [0.15, 0.2) is 72.8 Å². The molecule has 0 bridgehead atoms. The summed E-state index contributed by atoms with van der Waals surface area (Å²) >= 11 is 6.58. The van der Waals surface area contributed by atoms with Crippen molar-refractivity contribution in [1.82, 2.24) is 15.6 Å². The fourth-order valence-electron chi connectivity index (χ4n) is 3.49. The Morgan fingerprint density at radius 3 is 2.28 bits per heavy atom. The number of carbonyl (C=O) groups is 2. The van der Waals surface area contributed by atoms with Gasteiger partial charge in [-0.3, -0.25) is 4.79 Å². The lowest BCUT2D eigenvalue weighted by atomic mass is 10.1. The topological polar surface area (TPSA) is 83.1 Å². The second kappa shape index (κ2) is 10.1. The highest BCUT2D eigenvalue weighted by molar-refractivity contribution is 6.40. The number of pyridine rings is 1. The average Bonchev–Trinajstić information content (AvgIpc) is 2.81. The normalized spacial score (nSPS) is 10.8. The van der Waals surface area contributed by atoms with E-state index in [0.29, 0.717) is 29.2 Å². The Kier molecular flexibility index (Phi) is 6.82. The third kappa shape index (κ3) is 4.98. The molecular formula is C25H23ClN4O2. The van der Waals surface area contributed by atoms with Gasteiger partial charge in [0.25, 0.3) is 5.91 Å². The first kappa shape index (κ1) is 21.6. The van der Waals surface area contributed by atoms with Crippen molar-refractivity contribution in [2.75, 3.05) is 18.4 Å². The van der Waals surface area contributed by atoms with Gasteiger partial charge in [0.05, 0.1) is 21.6 Å². The van der Waals surface area contributed by atoms with Crippen molar-refractivity contribution < 1.29 is 9.59 Å². The Balaban J connectivity index is 1.29. The molecule has 3 aromatic carbocycles. The van der Waals surface area contributed by atoms with Gasteiger partial charge in [0.1, 0.15) is 0 Å². The quantitative estimate of drug-likeness (QED) is 0.263. The fraction of sp³-hybridized carbons (Fsp3) is 0.160. The number of benzene rings is 3. The highest BCUT2D eigenvalue weighted by atomic mass is 35.5. The molecule has 3 N–H and O–H groups in total. The van der Waals surface area contributed by atoms with Crippen LogP contribution in [0.2, 0.25) is 5.02 Å². The Bertz CT molecular complexity index is 1260. The zero-order valence-electron chi connectivity index (χ0n) is 17.4. The number of para-hydroxylation sites is 3. The third-order valence-corrected chi connectivity index (χ3v) is 5.50. The number of rotatable bonds is 7.